The highest BCUT2D eigenvalue weighted by Gasteiger charge is 2.51. The third-order valence-corrected chi connectivity index (χ3v) is 7.12. The van der Waals surface area contributed by atoms with Crippen LogP contribution in [-0.4, -0.2) is 44.6 Å². The number of rotatable bonds is 4. The number of carbonyl (C=O) groups is 1. The molecule has 6 heteroatoms. The Morgan fingerprint density at radius 1 is 1.19 bits per heavy atom. The van der Waals surface area contributed by atoms with Crippen LogP contribution in [0.25, 0.3) is 5.69 Å². The normalized spacial score (nSPS) is 31.3. The van der Waals surface area contributed by atoms with E-state index in [1.165, 1.54) is 38.5 Å². The van der Waals surface area contributed by atoms with Crippen molar-refractivity contribution in [1.29, 1.82) is 0 Å². The Hall–Kier alpha value is -2.24. The zero-order chi connectivity index (χ0) is 18.6. The van der Waals surface area contributed by atoms with Gasteiger partial charge in [0.25, 0.3) is 5.91 Å². The molecule has 1 aromatic heterocycles. The van der Waals surface area contributed by atoms with E-state index in [1.807, 2.05) is 37.1 Å². The van der Waals surface area contributed by atoms with Crippen LogP contribution in [0.3, 0.4) is 0 Å². The Kier molecular flexibility index (Phi) is 3.85. The SMILES string of the molecule is Cc1cc(C(=O)N(C)CC23CC4CC(CC(C4)C2)C3)ccc1-n1cnnn1. The van der Waals surface area contributed by atoms with Crippen molar-refractivity contribution in [2.45, 2.75) is 45.4 Å². The summed E-state index contributed by atoms with van der Waals surface area (Å²) >= 11 is 0. The quantitative estimate of drug-likeness (QED) is 0.834. The largest absolute Gasteiger partial charge is 0.341 e. The minimum absolute atomic E-state index is 0.122. The van der Waals surface area contributed by atoms with Gasteiger partial charge in [0.2, 0.25) is 0 Å². The Labute approximate surface area is 159 Å². The van der Waals surface area contributed by atoms with E-state index in [1.54, 1.807) is 11.0 Å². The highest BCUT2D eigenvalue weighted by atomic mass is 16.2. The van der Waals surface area contributed by atoms with Crippen molar-refractivity contribution >= 4 is 5.91 Å². The summed E-state index contributed by atoms with van der Waals surface area (Å²) in [6.07, 6.45) is 9.87. The molecule has 4 bridgehead atoms. The second-order valence-electron chi connectivity index (χ2n) is 9.33. The van der Waals surface area contributed by atoms with E-state index in [9.17, 15) is 4.79 Å². The minimum atomic E-state index is 0.122. The maximum Gasteiger partial charge on any atom is 0.253 e. The van der Waals surface area contributed by atoms with Crippen LogP contribution >= 0.6 is 0 Å². The molecule has 1 aromatic carbocycles. The van der Waals surface area contributed by atoms with Crippen molar-refractivity contribution in [3.8, 4) is 5.69 Å². The monoisotopic (exact) mass is 365 g/mol. The van der Waals surface area contributed by atoms with Crippen molar-refractivity contribution in [3.05, 3.63) is 35.7 Å². The van der Waals surface area contributed by atoms with Crippen molar-refractivity contribution in [2.75, 3.05) is 13.6 Å². The predicted octanol–water partition coefficient (Wildman–Crippen LogP) is 3.26. The van der Waals surface area contributed by atoms with Gasteiger partial charge in [-0.2, -0.15) is 0 Å². The van der Waals surface area contributed by atoms with Crippen LogP contribution in [0.2, 0.25) is 0 Å². The highest BCUT2D eigenvalue weighted by Crippen LogP contribution is 2.60. The van der Waals surface area contributed by atoms with Crippen LogP contribution in [0.4, 0.5) is 0 Å². The lowest BCUT2D eigenvalue weighted by Crippen LogP contribution is -2.51. The smallest absolute Gasteiger partial charge is 0.253 e. The van der Waals surface area contributed by atoms with Gasteiger partial charge in [-0.25, -0.2) is 4.68 Å². The first-order valence-corrected chi connectivity index (χ1v) is 10.1. The molecule has 0 spiro atoms. The maximum absolute atomic E-state index is 13.1. The van der Waals surface area contributed by atoms with Gasteiger partial charge in [0.1, 0.15) is 6.33 Å². The molecule has 2 aromatic rings. The fourth-order valence-electron chi connectivity index (χ4n) is 6.60. The van der Waals surface area contributed by atoms with Gasteiger partial charge in [0.15, 0.2) is 0 Å². The summed E-state index contributed by atoms with van der Waals surface area (Å²) in [7, 11) is 1.98. The molecule has 6 nitrogen and oxygen atoms in total. The molecule has 1 heterocycles. The molecule has 6 rings (SSSR count). The fraction of sp³-hybridized carbons (Fsp3) is 0.619. The van der Waals surface area contributed by atoms with E-state index in [4.69, 9.17) is 0 Å². The van der Waals surface area contributed by atoms with Crippen molar-refractivity contribution in [1.82, 2.24) is 25.1 Å². The topological polar surface area (TPSA) is 63.9 Å². The lowest BCUT2D eigenvalue weighted by Gasteiger charge is -2.57. The van der Waals surface area contributed by atoms with E-state index >= 15 is 0 Å². The lowest BCUT2D eigenvalue weighted by atomic mass is 9.49. The maximum atomic E-state index is 13.1. The Bertz CT molecular complexity index is 824. The second-order valence-corrected chi connectivity index (χ2v) is 9.33. The number of aryl methyl sites for hydroxylation is 1. The molecule has 1 amide bonds. The summed E-state index contributed by atoms with van der Waals surface area (Å²) in [6, 6.07) is 5.77. The first-order valence-electron chi connectivity index (χ1n) is 10.1. The Morgan fingerprint density at radius 3 is 2.41 bits per heavy atom. The molecule has 4 fully saturated rings. The molecule has 4 saturated carbocycles. The third kappa shape index (κ3) is 2.95. The zero-order valence-corrected chi connectivity index (χ0v) is 16.1. The molecule has 4 aliphatic carbocycles. The van der Waals surface area contributed by atoms with Crippen LogP contribution in [-0.2, 0) is 0 Å². The Morgan fingerprint density at radius 2 is 1.85 bits per heavy atom. The van der Waals surface area contributed by atoms with Gasteiger partial charge in [0.05, 0.1) is 5.69 Å². The van der Waals surface area contributed by atoms with Gasteiger partial charge >= 0.3 is 0 Å². The van der Waals surface area contributed by atoms with Gasteiger partial charge in [-0.3, -0.25) is 4.79 Å². The standard InChI is InChI=1S/C21H27N5O/c1-14-5-18(3-4-19(14)26-13-22-23-24-26)20(27)25(2)12-21-9-15-6-16(10-21)8-17(7-15)11-21/h3-5,13,15-17H,6-12H2,1-2H3. The molecule has 0 aliphatic heterocycles. The number of amides is 1. The molecule has 4 aliphatic rings. The fourth-order valence-corrected chi connectivity index (χ4v) is 6.60. The van der Waals surface area contributed by atoms with E-state index in [0.717, 1.165) is 41.1 Å². The van der Waals surface area contributed by atoms with Crippen LogP contribution in [0.15, 0.2) is 24.5 Å². The number of carbonyl (C=O) groups excluding carboxylic acids is 1. The van der Waals surface area contributed by atoms with Crippen LogP contribution in [0, 0.1) is 30.1 Å². The summed E-state index contributed by atoms with van der Waals surface area (Å²) in [5.41, 5.74) is 3.02. The van der Waals surface area contributed by atoms with E-state index in [-0.39, 0.29) is 5.91 Å². The van der Waals surface area contributed by atoms with Gasteiger partial charge in [0, 0.05) is 19.2 Å². The van der Waals surface area contributed by atoms with Crippen molar-refractivity contribution in [2.24, 2.45) is 23.2 Å². The number of hydrogen-bond acceptors (Lipinski definition) is 4. The highest BCUT2D eigenvalue weighted by molar-refractivity contribution is 5.94. The van der Waals surface area contributed by atoms with Crippen molar-refractivity contribution in [3.63, 3.8) is 0 Å². The molecule has 27 heavy (non-hydrogen) atoms. The molecular weight excluding hydrogens is 338 g/mol. The number of hydrogen-bond donors (Lipinski definition) is 0. The minimum Gasteiger partial charge on any atom is -0.341 e. The number of nitrogens with zero attached hydrogens (tertiary/aromatic N) is 5. The van der Waals surface area contributed by atoms with E-state index in [0.29, 0.717) is 5.41 Å². The first-order chi connectivity index (χ1) is 13.0. The zero-order valence-electron chi connectivity index (χ0n) is 16.1. The molecule has 0 unspecified atom stereocenters. The average molecular weight is 365 g/mol. The predicted molar refractivity (Wildman–Crippen MR) is 101 cm³/mol. The molecule has 0 radical (unpaired) electrons. The average Bonchev–Trinajstić information content (AvgIpc) is 3.13. The van der Waals surface area contributed by atoms with E-state index in [2.05, 4.69) is 15.5 Å². The lowest BCUT2D eigenvalue weighted by molar-refractivity contribution is -0.0629. The first kappa shape index (κ1) is 16.9. The van der Waals surface area contributed by atoms with Crippen LogP contribution in [0.1, 0.15) is 54.4 Å². The summed E-state index contributed by atoms with van der Waals surface area (Å²) in [5.74, 6) is 2.87. The van der Waals surface area contributed by atoms with Gasteiger partial charge in [-0.05, 0) is 103 Å². The number of tetrazole rings is 1. The summed E-state index contributed by atoms with van der Waals surface area (Å²) in [4.78, 5) is 15.1. The third-order valence-electron chi connectivity index (χ3n) is 7.12. The summed E-state index contributed by atoms with van der Waals surface area (Å²) in [6.45, 7) is 2.90. The van der Waals surface area contributed by atoms with Crippen LogP contribution < -0.4 is 0 Å². The van der Waals surface area contributed by atoms with Gasteiger partial charge < -0.3 is 4.90 Å². The molecule has 0 saturated heterocycles. The Balaban J connectivity index is 1.33. The van der Waals surface area contributed by atoms with Crippen LogP contribution in [0.5, 0.6) is 0 Å². The van der Waals surface area contributed by atoms with Gasteiger partial charge in [-0.1, -0.05) is 0 Å². The van der Waals surface area contributed by atoms with Crippen molar-refractivity contribution < 1.29 is 4.79 Å². The van der Waals surface area contributed by atoms with Gasteiger partial charge in [-0.15, -0.1) is 5.10 Å². The molecular formula is C21H27N5O. The molecule has 0 atom stereocenters. The molecule has 142 valence electrons. The van der Waals surface area contributed by atoms with E-state index < -0.39 is 0 Å². The number of aromatic nitrogens is 4. The molecule has 0 N–H and O–H groups in total. The summed E-state index contributed by atoms with van der Waals surface area (Å²) in [5, 5.41) is 11.3. The number of benzene rings is 1. The second kappa shape index (κ2) is 6.14. The summed E-state index contributed by atoms with van der Waals surface area (Å²) < 4.78 is 1.63.